The second kappa shape index (κ2) is 14.2. The van der Waals surface area contributed by atoms with Gasteiger partial charge in [0, 0.05) is 49.4 Å². The number of alkyl halides is 3. The van der Waals surface area contributed by atoms with Crippen molar-refractivity contribution in [2.75, 3.05) is 0 Å². The Balaban J connectivity index is 1.23. The lowest BCUT2D eigenvalue weighted by Gasteiger charge is -2.20. The number of aryl methyl sites for hydroxylation is 1. The highest BCUT2D eigenvalue weighted by atomic mass is 19.4. The lowest BCUT2D eigenvalue weighted by Crippen LogP contribution is -2.05. The van der Waals surface area contributed by atoms with Gasteiger partial charge in [0.1, 0.15) is 0 Å². The molecule has 0 bridgehead atoms. The van der Waals surface area contributed by atoms with Crippen LogP contribution in [0.1, 0.15) is 11.1 Å². The SMILES string of the molecule is Cc1ccc2c(c1)c1cc(C(F)(F)F)ccc1n2-c1ccc(-c2nc(-c3ccccc3)cc(-c3ccccc3)n2)cc1-c1ccccc1-n1c2ccccc2c2ccccc21. The third-order valence-corrected chi connectivity index (χ3v) is 11.6. The van der Waals surface area contributed by atoms with E-state index in [1.165, 1.54) is 12.1 Å². The van der Waals surface area contributed by atoms with Gasteiger partial charge < -0.3 is 9.13 Å². The summed E-state index contributed by atoms with van der Waals surface area (Å²) in [6.45, 7) is 1.96. The van der Waals surface area contributed by atoms with Gasteiger partial charge in [-0.1, -0.05) is 127 Å². The maximum atomic E-state index is 14.3. The van der Waals surface area contributed by atoms with Crippen LogP contribution < -0.4 is 0 Å². The molecule has 0 saturated carbocycles. The maximum Gasteiger partial charge on any atom is 0.416 e. The second-order valence-electron chi connectivity index (χ2n) is 15.4. The molecule has 0 saturated heterocycles. The zero-order valence-electron chi connectivity index (χ0n) is 32.9. The number of halogens is 3. The lowest BCUT2D eigenvalue weighted by molar-refractivity contribution is -0.137. The van der Waals surface area contributed by atoms with E-state index in [-0.39, 0.29) is 0 Å². The molecule has 0 atom stereocenters. The highest BCUT2D eigenvalue weighted by Gasteiger charge is 2.31. The lowest BCUT2D eigenvalue weighted by atomic mass is 9.97. The zero-order chi connectivity index (χ0) is 41.2. The number of aromatic nitrogens is 4. The summed E-state index contributed by atoms with van der Waals surface area (Å²) in [4.78, 5) is 10.4. The van der Waals surface area contributed by atoms with Gasteiger partial charge in [-0.3, -0.25) is 0 Å². The molecular weight excluding hydrogens is 762 g/mol. The van der Waals surface area contributed by atoms with E-state index in [0.29, 0.717) is 16.7 Å². The Hall–Kier alpha value is -7.77. The molecule has 4 nitrogen and oxygen atoms in total. The fraction of sp³-hybridized carbons (Fsp3) is 0.0370. The Morgan fingerprint density at radius 1 is 0.393 bits per heavy atom. The molecule has 0 N–H and O–H groups in total. The summed E-state index contributed by atoms with van der Waals surface area (Å²) < 4.78 is 47.2. The molecular formula is C54H35F3N4. The smallest absolute Gasteiger partial charge is 0.309 e. The van der Waals surface area contributed by atoms with Gasteiger partial charge in [0.05, 0.1) is 50.4 Å². The van der Waals surface area contributed by atoms with Crippen molar-refractivity contribution < 1.29 is 13.2 Å². The van der Waals surface area contributed by atoms with Crippen molar-refractivity contribution in [3.05, 3.63) is 205 Å². The van der Waals surface area contributed by atoms with E-state index in [4.69, 9.17) is 9.97 Å². The van der Waals surface area contributed by atoms with E-state index in [9.17, 15) is 13.2 Å². The summed E-state index contributed by atoms with van der Waals surface area (Å²) in [6.07, 6.45) is -4.49. The minimum absolute atomic E-state index is 0.533. The second-order valence-corrected chi connectivity index (χ2v) is 15.4. The Labute approximate surface area is 349 Å². The van der Waals surface area contributed by atoms with Crippen LogP contribution in [0.15, 0.2) is 194 Å². The van der Waals surface area contributed by atoms with Gasteiger partial charge in [-0.2, -0.15) is 13.2 Å². The number of para-hydroxylation sites is 3. The van der Waals surface area contributed by atoms with E-state index in [1.807, 2.05) is 110 Å². The van der Waals surface area contributed by atoms with Crippen molar-refractivity contribution in [1.29, 1.82) is 0 Å². The average molecular weight is 797 g/mol. The van der Waals surface area contributed by atoms with Crippen molar-refractivity contribution in [1.82, 2.24) is 19.1 Å². The van der Waals surface area contributed by atoms with Crippen molar-refractivity contribution in [2.24, 2.45) is 0 Å². The first-order valence-electron chi connectivity index (χ1n) is 20.1. The van der Waals surface area contributed by atoms with Crippen LogP contribution in [-0.4, -0.2) is 19.1 Å². The minimum atomic E-state index is -4.49. The number of fused-ring (bicyclic) bond motifs is 6. The van der Waals surface area contributed by atoms with Crippen LogP contribution >= 0.6 is 0 Å². The molecule has 8 aromatic carbocycles. The molecule has 0 unspecified atom stereocenters. The van der Waals surface area contributed by atoms with E-state index < -0.39 is 11.7 Å². The van der Waals surface area contributed by atoms with Gasteiger partial charge in [0.2, 0.25) is 0 Å². The number of hydrogen-bond donors (Lipinski definition) is 0. The molecule has 0 aliphatic carbocycles. The number of nitrogens with zero attached hydrogens (tertiary/aromatic N) is 4. The van der Waals surface area contributed by atoms with Crippen molar-refractivity contribution in [2.45, 2.75) is 13.1 Å². The fourth-order valence-electron chi connectivity index (χ4n) is 8.83. The molecule has 0 aliphatic heterocycles. The number of hydrogen-bond acceptors (Lipinski definition) is 2. The minimum Gasteiger partial charge on any atom is -0.309 e. The van der Waals surface area contributed by atoms with Gasteiger partial charge in [-0.15, -0.1) is 0 Å². The number of rotatable bonds is 6. The van der Waals surface area contributed by atoms with Gasteiger partial charge in [-0.25, -0.2) is 9.97 Å². The first kappa shape index (κ1) is 36.3. The molecule has 0 aliphatic rings. The van der Waals surface area contributed by atoms with Crippen LogP contribution in [-0.2, 0) is 6.18 Å². The Kier molecular flexibility index (Phi) is 8.46. The first-order chi connectivity index (χ1) is 29.8. The number of benzene rings is 8. The molecule has 0 spiro atoms. The molecule has 0 radical (unpaired) electrons. The normalized spacial score (nSPS) is 11.9. The standard InChI is InChI=1S/C54H35F3N4/c1-34-24-27-50-42(30-34)44-32-38(54(55,56)57)26-29-52(44)61(50)51-28-25-37(53-58-45(35-14-4-2-5-15-35)33-46(59-53)36-16-6-3-7-17-36)31-43(51)41-20-10-13-23-49(41)60-47-21-11-8-18-39(47)40-19-9-12-22-48(40)60/h2-33H,1H3. The van der Waals surface area contributed by atoms with Gasteiger partial charge in [-0.05, 0) is 79.7 Å². The van der Waals surface area contributed by atoms with Crippen LogP contribution in [0, 0.1) is 6.92 Å². The predicted molar refractivity (Wildman–Crippen MR) is 242 cm³/mol. The molecule has 61 heavy (non-hydrogen) atoms. The van der Waals surface area contributed by atoms with Crippen LogP contribution in [0.3, 0.4) is 0 Å². The summed E-state index contributed by atoms with van der Waals surface area (Å²) in [5, 5.41) is 3.56. The predicted octanol–water partition coefficient (Wildman–Crippen LogP) is 14.7. The van der Waals surface area contributed by atoms with Gasteiger partial charge >= 0.3 is 6.18 Å². The van der Waals surface area contributed by atoms with E-state index >= 15 is 0 Å². The molecule has 7 heteroatoms. The summed E-state index contributed by atoms with van der Waals surface area (Å²) >= 11 is 0. The largest absolute Gasteiger partial charge is 0.416 e. The van der Waals surface area contributed by atoms with Crippen LogP contribution in [0.2, 0.25) is 0 Å². The topological polar surface area (TPSA) is 35.6 Å². The van der Waals surface area contributed by atoms with Gasteiger partial charge in [0.15, 0.2) is 5.82 Å². The van der Waals surface area contributed by atoms with Gasteiger partial charge in [0.25, 0.3) is 0 Å². The van der Waals surface area contributed by atoms with E-state index in [2.05, 4.69) is 81.9 Å². The quantitative estimate of drug-likeness (QED) is 0.168. The molecule has 11 rings (SSSR count). The summed E-state index contributed by atoms with van der Waals surface area (Å²) in [6, 6.07) is 63.7. The molecule has 0 fully saturated rings. The summed E-state index contributed by atoms with van der Waals surface area (Å²) in [7, 11) is 0. The van der Waals surface area contributed by atoms with E-state index in [1.54, 1.807) is 6.07 Å². The molecule has 292 valence electrons. The Morgan fingerprint density at radius 3 is 1.52 bits per heavy atom. The molecule has 0 amide bonds. The van der Waals surface area contributed by atoms with Crippen LogP contribution in [0.5, 0.6) is 0 Å². The van der Waals surface area contributed by atoms with Crippen LogP contribution in [0.4, 0.5) is 13.2 Å². The Morgan fingerprint density at radius 2 is 0.902 bits per heavy atom. The van der Waals surface area contributed by atoms with Crippen LogP contribution in [0.25, 0.3) is 100 Å². The third kappa shape index (κ3) is 6.16. The van der Waals surface area contributed by atoms with E-state index in [0.717, 1.165) is 88.9 Å². The maximum absolute atomic E-state index is 14.3. The molecule has 11 aromatic rings. The average Bonchev–Trinajstić information content (AvgIpc) is 3.81. The van der Waals surface area contributed by atoms with Crippen molar-refractivity contribution >= 4 is 43.6 Å². The molecule has 3 aromatic heterocycles. The fourth-order valence-corrected chi connectivity index (χ4v) is 8.83. The monoisotopic (exact) mass is 796 g/mol. The molecule has 3 heterocycles. The summed E-state index contributed by atoms with van der Waals surface area (Å²) in [5.41, 5.74) is 11.7. The highest BCUT2D eigenvalue weighted by Crippen LogP contribution is 2.43. The zero-order valence-corrected chi connectivity index (χ0v) is 32.9. The Bertz CT molecular complexity index is 3360. The third-order valence-electron chi connectivity index (χ3n) is 11.6. The van der Waals surface area contributed by atoms with Crippen molar-refractivity contribution in [3.63, 3.8) is 0 Å². The highest BCUT2D eigenvalue weighted by molar-refractivity contribution is 6.12. The first-order valence-corrected chi connectivity index (χ1v) is 20.1. The van der Waals surface area contributed by atoms with Crippen molar-refractivity contribution in [3.8, 4) is 56.4 Å². The summed E-state index contributed by atoms with van der Waals surface area (Å²) in [5.74, 6) is 0.551.